The van der Waals surface area contributed by atoms with Crippen LogP contribution in [0.15, 0.2) is 29.6 Å². The molecule has 2 aromatic heterocycles. The average Bonchev–Trinajstić information content (AvgIpc) is 3.06. The molecule has 1 saturated carbocycles. The molecule has 2 aromatic rings. The minimum absolute atomic E-state index is 0.744. The molecule has 5 nitrogen and oxygen atoms in total. The fourth-order valence-corrected chi connectivity index (χ4v) is 4.25. The summed E-state index contributed by atoms with van der Waals surface area (Å²) in [7, 11) is 2.02. The van der Waals surface area contributed by atoms with Gasteiger partial charge in [-0.05, 0) is 56.3 Å². The van der Waals surface area contributed by atoms with Crippen molar-refractivity contribution >= 4 is 11.8 Å². The maximum atomic E-state index is 4.35. The molecule has 2 aliphatic rings. The van der Waals surface area contributed by atoms with Crippen molar-refractivity contribution in [2.45, 2.75) is 30.8 Å². The molecule has 0 bridgehead atoms. The normalized spacial score (nSPS) is 19.5. The third-order valence-corrected chi connectivity index (χ3v) is 6.16. The Bertz CT molecular complexity index is 665. The largest absolute Gasteiger partial charge is 0.304 e. The Morgan fingerprint density at radius 1 is 1.22 bits per heavy atom. The third-order valence-electron chi connectivity index (χ3n) is 5.05. The Kier molecular flexibility index (Phi) is 4.11. The highest BCUT2D eigenvalue weighted by molar-refractivity contribution is 7.99. The van der Waals surface area contributed by atoms with Gasteiger partial charge in [0.15, 0.2) is 11.0 Å². The smallest absolute Gasteiger partial charge is 0.191 e. The predicted molar refractivity (Wildman–Crippen MR) is 92.3 cm³/mol. The van der Waals surface area contributed by atoms with Gasteiger partial charge in [0, 0.05) is 25.5 Å². The molecule has 1 aliphatic carbocycles. The predicted octanol–water partition coefficient (Wildman–Crippen LogP) is 2.85. The fraction of sp³-hybridized carbons (Fsp3) is 0.588. The second kappa shape index (κ2) is 6.24. The summed E-state index contributed by atoms with van der Waals surface area (Å²) >= 11 is 1.80. The van der Waals surface area contributed by atoms with E-state index in [0.29, 0.717) is 0 Å². The van der Waals surface area contributed by atoms with Gasteiger partial charge in [0.2, 0.25) is 0 Å². The van der Waals surface area contributed by atoms with Crippen molar-refractivity contribution < 1.29 is 0 Å². The van der Waals surface area contributed by atoms with Crippen molar-refractivity contribution in [3.63, 3.8) is 0 Å². The first kappa shape index (κ1) is 15.1. The summed E-state index contributed by atoms with van der Waals surface area (Å²) in [4.78, 5) is 6.99. The number of thioether (sulfide) groups is 1. The molecule has 1 spiro atoms. The molecule has 1 saturated heterocycles. The van der Waals surface area contributed by atoms with E-state index in [1.54, 1.807) is 18.0 Å². The van der Waals surface area contributed by atoms with Gasteiger partial charge >= 0.3 is 0 Å². The Hall–Kier alpha value is -1.40. The highest BCUT2D eigenvalue weighted by atomic mass is 32.2. The standard InChI is InChI=1S/C17H23N5S/c1-21-15(14-5-2-3-9-18-14)19-20-16(21)23-12-4-10-22-11-8-17(13-22)6-7-17/h2-3,5,9H,4,6-8,10-13H2,1H3. The molecule has 0 aromatic carbocycles. The summed E-state index contributed by atoms with van der Waals surface area (Å²) in [5.74, 6) is 1.93. The molecule has 23 heavy (non-hydrogen) atoms. The van der Waals surface area contributed by atoms with Gasteiger partial charge in [-0.25, -0.2) is 0 Å². The van der Waals surface area contributed by atoms with E-state index in [1.165, 1.54) is 45.3 Å². The van der Waals surface area contributed by atoms with Crippen LogP contribution in [-0.2, 0) is 7.05 Å². The molecule has 4 rings (SSSR count). The number of hydrogen-bond donors (Lipinski definition) is 0. The zero-order valence-corrected chi connectivity index (χ0v) is 14.4. The number of nitrogens with zero attached hydrogens (tertiary/aromatic N) is 5. The molecule has 1 aliphatic heterocycles. The monoisotopic (exact) mass is 329 g/mol. The molecule has 0 N–H and O–H groups in total. The van der Waals surface area contributed by atoms with Crippen LogP contribution in [0.3, 0.4) is 0 Å². The highest BCUT2D eigenvalue weighted by Gasteiger charge is 2.47. The minimum Gasteiger partial charge on any atom is -0.304 e. The quantitative estimate of drug-likeness (QED) is 0.602. The van der Waals surface area contributed by atoms with Gasteiger partial charge in [0.25, 0.3) is 0 Å². The summed E-state index contributed by atoms with van der Waals surface area (Å²) in [6, 6.07) is 5.87. The lowest BCUT2D eigenvalue weighted by Crippen LogP contribution is -2.22. The lowest BCUT2D eigenvalue weighted by Gasteiger charge is -2.15. The van der Waals surface area contributed by atoms with Crippen molar-refractivity contribution in [3.8, 4) is 11.5 Å². The van der Waals surface area contributed by atoms with Crippen molar-refractivity contribution in [1.82, 2.24) is 24.6 Å². The van der Waals surface area contributed by atoms with Crippen LogP contribution in [0.25, 0.3) is 11.5 Å². The number of rotatable bonds is 6. The minimum atomic E-state index is 0.744. The summed E-state index contributed by atoms with van der Waals surface area (Å²) in [5.41, 5.74) is 1.62. The van der Waals surface area contributed by atoms with Gasteiger partial charge in [-0.15, -0.1) is 10.2 Å². The van der Waals surface area contributed by atoms with E-state index in [1.807, 2.05) is 29.8 Å². The van der Waals surface area contributed by atoms with Crippen LogP contribution in [0.4, 0.5) is 0 Å². The molecule has 0 radical (unpaired) electrons. The van der Waals surface area contributed by atoms with Crippen LogP contribution in [-0.4, -0.2) is 50.0 Å². The first-order valence-electron chi connectivity index (χ1n) is 8.42. The van der Waals surface area contributed by atoms with Crippen LogP contribution < -0.4 is 0 Å². The number of hydrogen-bond acceptors (Lipinski definition) is 5. The Morgan fingerprint density at radius 3 is 2.87 bits per heavy atom. The topological polar surface area (TPSA) is 46.8 Å². The van der Waals surface area contributed by atoms with Gasteiger partial charge in [0.05, 0.1) is 0 Å². The van der Waals surface area contributed by atoms with Gasteiger partial charge in [0.1, 0.15) is 5.69 Å². The molecule has 0 amide bonds. The van der Waals surface area contributed by atoms with E-state index < -0.39 is 0 Å². The summed E-state index contributed by atoms with van der Waals surface area (Å²) in [6.07, 6.45) is 7.36. The summed E-state index contributed by atoms with van der Waals surface area (Å²) < 4.78 is 2.04. The number of pyridine rings is 1. The Morgan fingerprint density at radius 2 is 2.13 bits per heavy atom. The molecular weight excluding hydrogens is 306 g/mol. The zero-order valence-electron chi connectivity index (χ0n) is 13.6. The van der Waals surface area contributed by atoms with E-state index in [-0.39, 0.29) is 0 Å². The zero-order chi connectivity index (χ0) is 15.7. The van der Waals surface area contributed by atoms with Crippen LogP contribution >= 0.6 is 11.8 Å². The van der Waals surface area contributed by atoms with Crippen LogP contribution in [0.1, 0.15) is 25.7 Å². The Balaban J connectivity index is 1.27. The maximum Gasteiger partial charge on any atom is 0.191 e. The van der Waals surface area contributed by atoms with E-state index in [2.05, 4.69) is 20.1 Å². The van der Waals surface area contributed by atoms with Gasteiger partial charge in [-0.2, -0.15) is 0 Å². The molecule has 3 heterocycles. The number of aromatic nitrogens is 4. The van der Waals surface area contributed by atoms with Gasteiger partial charge < -0.3 is 9.47 Å². The molecule has 0 atom stereocenters. The van der Waals surface area contributed by atoms with Crippen LogP contribution in [0.5, 0.6) is 0 Å². The second-order valence-corrected chi connectivity index (χ2v) is 7.87. The lowest BCUT2D eigenvalue weighted by atomic mass is 10.1. The van der Waals surface area contributed by atoms with Crippen molar-refractivity contribution in [2.75, 3.05) is 25.4 Å². The van der Waals surface area contributed by atoms with Crippen molar-refractivity contribution in [3.05, 3.63) is 24.4 Å². The average molecular weight is 329 g/mol. The van der Waals surface area contributed by atoms with E-state index in [9.17, 15) is 0 Å². The lowest BCUT2D eigenvalue weighted by molar-refractivity contribution is 0.321. The molecular formula is C17H23N5S. The molecule has 2 fully saturated rings. The second-order valence-electron chi connectivity index (χ2n) is 6.81. The van der Waals surface area contributed by atoms with Gasteiger partial charge in [-0.3, -0.25) is 4.98 Å². The van der Waals surface area contributed by atoms with Crippen LogP contribution in [0, 0.1) is 5.41 Å². The number of likely N-dealkylation sites (tertiary alicyclic amines) is 1. The van der Waals surface area contributed by atoms with Crippen molar-refractivity contribution in [2.24, 2.45) is 12.5 Å². The molecule has 6 heteroatoms. The van der Waals surface area contributed by atoms with E-state index >= 15 is 0 Å². The third kappa shape index (κ3) is 3.28. The van der Waals surface area contributed by atoms with E-state index in [4.69, 9.17) is 0 Å². The SMILES string of the molecule is Cn1c(SCCCN2CCC3(CC3)C2)nnc1-c1ccccn1. The first-order chi connectivity index (χ1) is 11.3. The maximum absolute atomic E-state index is 4.35. The summed E-state index contributed by atoms with van der Waals surface area (Å²) in [5, 5.41) is 9.58. The van der Waals surface area contributed by atoms with Crippen molar-refractivity contribution in [1.29, 1.82) is 0 Å². The highest BCUT2D eigenvalue weighted by Crippen LogP contribution is 2.52. The van der Waals surface area contributed by atoms with Crippen LogP contribution in [0.2, 0.25) is 0 Å². The van der Waals surface area contributed by atoms with E-state index in [0.717, 1.165) is 27.8 Å². The Labute approximate surface area is 141 Å². The first-order valence-corrected chi connectivity index (χ1v) is 9.40. The fourth-order valence-electron chi connectivity index (χ4n) is 3.41. The molecule has 122 valence electrons. The summed E-state index contributed by atoms with van der Waals surface area (Å²) in [6.45, 7) is 3.86. The van der Waals surface area contributed by atoms with Gasteiger partial charge in [-0.1, -0.05) is 17.8 Å². The molecule has 0 unspecified atom stereocenters.